The molecule has 0 heterocycles. The molecule has 0 bridgehead atoms. The highest BCUT2D eigenvalue weighted by Gasteiger charge is 2.24. The van der Waals surface area contributed by atoms with Crippen molar-refractivity contribution < 1.29 is 28.5 Å². The van der Waals surface area contributed by atoms with Crippen molar-refractivity contribution in [1.29, 1.82) is 0 Å². The smallest absolute Gasteiger partial charge is 0.305 e. The average molecular weight is 549 g/mol. The molecule has 2 saturated carbocycles. The van der Waals surface area contributed by atoms with Gasteiger partial charge in [0.1, 0.15) is 0 Å². The van der Waals surface area contributed by atoms with Gasteiger partial charge in [0, 0.05) is 25.7 Å². The molecule has 2 fully saturated rings. The Labute approximate surface area is 238 Å². The number of carbonyl (C=O) groups excluding carboxylic acids is 2. The molecule has 0 amide bonds. The minimum absolute atomic E-state index is 0.210. The molecular formula is C33H56O6. The molecule has 2 rings (SSSR count). The summed E-state index contributed by atoms with van der Waals surface area (Å²) in [7, 11) is 0. The van der Waals surface area contributed by atoms with Crippen LogP contribution in [0, 0.1) is 23.7 Å². The van der Waals surface area contributed by atoms with Crippen molar-refractivity contribution >= 4 is 11.9 Å². The van der Waals surface area contributed by atoms with Crippen LogP contribution in [0.2, 0.25) is 0 Å². The minimum atomic E-state index is -0.210. The molecule has 39 heavy (non-hydrogen) atoms. The molecule has 0 N–H and O–H groups in total. The van der Waals surface area contributed by atoms with Crippen molar-refractivity contribution in [3.05, 3.63) is 24.7 Å². The van der Waals surface area contributed by atoms with Gasteiger partial charge in [-0.2, -0.15) is 0 Å². The summed E-state index contributed by atoms with van der Waals surface area (Å²) in [5.41, 5.74) is 0. The standard InChI is InChI=1S/C33H56O6/c1-5-7-10-26(3)36-22-28-14-18-30(19-15-28)24-38-32(34)12-9-13-33(35)39-25-31-20-16-29(17-21-31)23-37-27(4)11-8-6-2/h28-31H,3-25H2,1-2H3. The Balaban J connectivity index is 1.44. The van der Waals surface area contributed by atoms with E-state index in [1.54, 1.807) is 0 Å². The largest absolute Gasteiger partial charge is 0.498 e. The Kier molecular flexibility index (Phi) is 17.0. The number of ether oxygens (including phenoxy) is 4. The maximum Gasteiger partial charge on any atom is 0.305 e. The lowest BCUT2D eigenvalue weighted by atomic mass is 9.83. The van der Waals surface area contributed by atoms with Crippen LogP contribution < -0.4 is 0 Å². The van der Waals surface area contributed by atoms with Gasteiger partial charge in [0.15, 0.2) is 0 Å². The first-order chi connectivity index (χ1) is 18.9. The van der Waals surface area contributed by atoms with E-state index in [0.717, 1.165) is 115 Å². The lowest BCUT2D eigenvalue weighted by Crippen LogP contribution is -2.23. The van der Waals surface area contributed by atoms with E-state index in [1.165, 1.54) is 0 Å². The van der Waals surface area contributed by atoms with Crippen LogP contribution in [0.15, 0.2) is 24.7 Å². The van der Waals surface area contributed by atoms with Gasteiger partial charge in [0.05, 0.1) is 37.9 Å². The maximum atomic E-state index is 12.2. The number of carbonyl (C=O) groups is 2. The van der Waals surface area contributed by atoms with E-state index >= 15 is 0 Å². The maximum absolute atomic E-state index is 12.2. The number of unbranched alkanes of at least 4 members (excludes halogenated alkanes) is 2. The number of hydrogen-bond acceptors (Lipinski definition) is 6. The third-order valence-electron chi connectivity index (χ3n) is 8.32. The molecule has 0 radical (unpaired) electrons. The van der Waals surface area contributed by atoms with E-state index in [0.29, 0.717) is 43.3 Å². The van der Waals surface area contributed by atoms with Gasteiger partial charge in [-0.05, 0) is 94.3 Å². The first-order valence-electron chi connectivity index (χ1n) is 15.8. The van der Waals surface area contributed by atoms with Gasteiger partial charge < -0.3 is 18.9 Å². The highest BCUT2D eigenvalue weighted by Crippen LogP contribution is 2.31. The van der Waals surface area contributed by atoms with Crippen LogP contribution in [0.3, 0.4) is 0 Å². The van der Waals surface area contributed by atoms with E-state index in [4.69, 9.17) is 18.9 Å². The van der Waals surface area contributed by atoms with Crippen molar-refractivity contribution in [2.45, 2.75) is 123 Å². The van der Waals surface area contributed by atoms with Crippen LogP contribution >= 0.6 is 0 Å². The summed E-state index contributed by atoms with van der Waals surface area (Å²) >= 11 is 0. The third-order valence-corrected chi connectivity index (χ3v) is 8.32. The Morgan fingerprint density at radius 2 is 0.821 bits per heavy atom. The fraction of sp³-hybridized carbons (Fsp3) is 0.818. The molecule has 0 spiro atoms. The van der Waals surface area contributed by atoms with Crippen molar-refractivity contribution in [1.82, 2.24) is 0 Å². The molecular weight excluding hydrogens is 492 g/mol. The molecule has 0 aromatic rings. The highest BCUT2D eigenvalue weighted by molar-refractivity contribution is 5.72. The molecule has 2 aliphatic carbocycles. The molecule has 0 aromatic heterocycles. The predicted octanol–water partition coefficient (Wildman–Crippen LogP) is 8.30. The highest BCUT2D eigenvalue weighted by atomic mass is 16.5. The number of esters is 2. The molecule has 224 valence electrons. The average Bonchev–Trinajstić information content (AvgIpc) is 2.95. The summed E-state index contributed by atoms with van der Waals surface area (Å²) in [4.78, 5) is 24.3. The summed E-state index contributed by atoms with van der Waals surface area (Å²) in [6.07, 6.45) is 16.2. The normalized spacial score (nSPS) is 23.0. The van der Waals surface area contributed by atoms with Crippen LogP contribution in [-0.4, -0.2) is 38.4 Å². The first kappa shape index (κ1) is 33.2. The predicted molar refractivity (Wildman–Crippen MR) is 156 cm³/mol. The Morgan fingerprint density at radius 1 is 0.513 bits per heavy atom. The second-order valence-electron chi connectivity index (χ2n) is 11.9. The van der Waals surface area contributed by atoms with Gasteiger partial charge in [-0.25, -0.2) is 0 Å². The SMILES string of the molecule is C=C(CCCC)OCC1CCC(COC(=O)CCCC(=O)OCC2CCC(COC(=C)CCCC)CC2)CC1. The van der Waals surface area contributed by atoms with Crippen molar-refractivity contribution in [3.63, 3.8) is 0 Å². The van der Waals surface area contributed by atoms with Crippen LogP contribution in [0.1, 0.15) is 123 Å². The molecule has 0 aromatic carbocycles. The van der Waals surface area contributed by atoms with Gasteiger partial charge in [-0.1, -0.05) is 39.8 Å². The van der Waals surface area contributed by atoms with Gasteiger partial charge in [0.2, 0.25) is 0 Å². The fourth-order valence-corrected chi connectivity index (χ4v) is 5.44. The van der Waals surface area contributed by atoms with Crippen molar-refractivity contribution in [2.75, 3.05) is 26.4 Å². The van der Waals surface area contributed by atoms with Crippen molar-refractivity contribution in [2.24, 2.45) is 23.7 Å². The second kappa shape index (κ2) is 20.0. The number of allylic oxidation sites excluding steroid dienone is 2. The summed E-state index contributed by atoms with van der Waals surface area (Å²) < 4.78 is 22.7. The van der Waals surface area contributed by atoms with E-state index in [9.17, 15) is 9.59 Å². The summed E-state index contributed by atoms with van der Waals surface area (Å²) in [6.45, 7) is 14.9. The van der Waals surface area contributed by atoms with Crippen LogP contribution in [0.5, 0.6) is 0 Å². The molecule has 0 aliphatic heterocycles. The first-order valence-corrected chi connectivity index (χ1v) is 15.8. The van der Waals surface area contributed by atoms with Crippen LogP contribution in [-0.2, 0) is 28.5 Å². The Morgan fingerprint density at radius 3 is 1.13 bits per heavy atom. The van der Waals surface area contributed by atoms with Gasteiger partial charge >= 0.3 is 11.9 Å². The van der Waals surface area contributed by atoms with Crippen molar-refractivity contribution in [3.8, 4) is 0 Å². The molecule has 0 unspecified atom stereocenters. The monoisotopic (exact) mass is 548 g/mol. The quantitative estimate of drug-likeness (QED) is 0.113. The zero-order valence-corrected chi connectivity index (χ0v) is 25.0. The Hall–Kier alpha value is -1.98. The third kappa shape index (κ3) is 15.4. The second-order valence-corrected chi connectivity index (χ2v) is 11.9. The lowest BCUT2D eigenvalue weighted by molar-refractivity contribution is -0.147. The number of rotatable bonds is 20. The zero-order chi connectivity index (χ0) is 28.3. The van der Waals surface area contributed by atoms with Crippen LogP contribution in [0.4, 0.5) is 0 Å². The van der Waals surface area contributed by atoms with Gasteiger partial charge in [-0.15, -0.1) is 0 Å². The topological polar surface area (TPSA) is 71.1 Å². The van der Waals surface area contributed by atoms with Gasteiger partial charge in [0.25, 0.3) is 0 Å². The molecule has 2 aliphatic rings. The molecule has 6 nitrogen and oxygen atoms in total. The van der Waals surface area contributed by atoms with E-state index in [1.807, 2.05) is 0 Å². The lowest BCUT2D eigenvalue weighted by Gasteiger charge is -2.28. The number of hydrogen-bond donors (Lipinski definition) is 0. The van der Waals surface area contributed by atoms with E-state index in [-0.39, 0.29) is 24.8 Å². The fourth-order valence-electron chi connectivity index (χ4n) is 5.44. The van der Waals surface area contributed by atoms with E-state index < -0.39 is 0 Å². The van der Waals surface area contributed by atoms with Crippen LogP contribution in [0.25, 0.3) is 0 Å². The zero-order valence-electron chi connectivity index (χ0n) is 25.0. The summed E-state index contributed by atoms with van der Waals surface area (Å²) in [6, 6.07) is 0. The molecule has 0 atom stereocenters. The van der Waals surface area contributed by atoms with Gasteiger partial charge in [-0.3, -0.25) is 9.59 Å². The summed E-state index contributed by atoms with van der Waals surface area (Å²) in [5.74, 6) is 3.41. The minimum Gasteiger partial charge on any atom is -0.498 e. The molecule has 6 heteroatoms. The Bertz CT molecular complexity index is 656. The molecule has 0 saturated heterocycles. The van der Waals surface area contributed by atoms with E-state index in [2.05, 4.69) is 27.0 Å². The summed E-state index contributed by atoms with van der Waals surface area (Å²) in [5, 5.41) is 0.